The number of piperazine rings is 1. The van der Waals surface area contributed by atoms with E-state index < -0.39 is 0 Å². The van der Waals surface area contributed by atoms with Crippen molar-refractivity contribution in [1.82, 2.24) is 19.6 Å². The van der Waals surface area contributed by atoms with Crippen LogP contribution in [-0.2, 0) is 6.54 Å². The third-order valence-corrected chi connectivity index (χ3v) is 3.82. The topological polar surface area (TPSA) is 32.6 Å². The molecule has 2 aromatic rings. The number of aromatic nitrogens is 2. The Labute approximate surface area is 132 Å². The molecule has 6 heteroatoms. The van der Waals surface area contributed by atoms with E-state index in [2.05, 4.69) is 51.8 Å². The van der Waals surface area contributed by atoms with E-state index in [4.69, 9.17) is 0 Å². The Morgan fingerprint density at radius 1 is 1.35 bits per heavy atom. The zero-order chi connectivity index (χ0) is 12.5. The van der Waals surface area contributed by atoms with E-state index in [-0.39, 0.29) is 24.8 Å². The average Bonchev–Trinajstić information content (AvgIpc) is 2.69. The molecule has 0 saturated carbocycles. The third-order valence-electron chi connectivity index (χ3n) is 3.82. The Balaban J connectivity index is 0.000001000. The first-order chi connectivity index (χ1) is 8.75. The second-order valence-corrected chi connectivity index (χ2v) is 5.10. The predicted octanol–water partition coefficient (Wildman–Crippen LogP) is 2.28. The first-order valence-electron chi connectivity index (χ1n) is 6.63. The van der Waals surface area contributed by atoms with E-state index >= 15 is 0 Å². The standard InChI is InChI=1S/C14H20N4.2ClH/c1-11-9-15-6-8-17(11)10-13-12(2)16-14-5-3-4-7-18(13)14;;/h3-5,7,11,15H,6,8-10H2,1-2H3;2*1H/t11-;;/m1../s1. The SMILES string of the molecule is Cc1nc2ccccn2c1CN1CCNC[C@H]1C.Cl.Cl. The van der Waals surface area contributed by atoms with Gasteiger partial charge in [-0.3, -0.25) is 4.90 Å². The molecule has 3 rings (SSSR count). The molecule has 112 valence electrons. The number of aryl methyl sites for hydroxylation is 1. The summed E-state index contributed by atoms with van der Waals surface area (Å²) in [5.41, 5.74) is 3.51. The molecule has 0 amide bonds. The zero-order valence-electron chi connectivity index (χ0n) is 11.9. The van der Waals surface area contributed by atoms with E-state index in [1.807, 2.05) is 6.07 Å². The van der Waals surface area contributed by atoms with Crippen molar-refractivity contribution in [3.05, 3.63) is 35.8 Å². The maximum absolute atomic E-state index is 4.62. The third kappa shape index (κ3) is 3.26. The molecule has 0 bridgehead atoms. The second-order valence-electron chi connectivity index (χ2n) is 5.10. The van der Waals surface area contributed by atoms with Crippen LogP contribution in [0.5, 0.6) is 0 Å². The molecule has 0 radical (unpaired) electrons. The number of pyridine rings is 1. The number of hydrogen-bond donors (Lipinski definition) is 1. The van der Waals surface area contributed by atoms with Crippen LogP contribution in [0.2, 0.25) is 0 Å². The van der Waals surface area contributed by atoms with Crippen LogP contribution in [0, 0.1) is 6.92 Å². The normalized spacial score (nSPS) is 19.4. The van der Waals surface area contributed by atoms with Crippen LogP contribution in [0.1, 0.15) is 18.3 Å². The highest BCUT2D eigenvalue weighted by molar-refractivity contribution is 5.85. The van der Waals surface area contributed by atoms with Crippen LogP contribution < -0.4 is 5.32 Å². The maximum atomic E-state index is 4.62. The van der Waals surface area contributed by atoms with E-state index in [1.54, 1.807) is 0 Å². The lowest BCUT2D eigenvalue weighted by Gasteiger charge is -2.33. The first-order valence-corrected chi connectivity index (χ1v) is 6.63. The fourth-order valence-electron chi connectivity index (χ4n) is 2.67. The smallest absolute Gasteiger partial charge is 0.137 e. The van der Waals surface area contributed by atoms with Crippen molar-refractivity contribution >= 4 is 30.5 Å². The number of halogens is 2. The van der Waals surface area contributed by atoms with Crippen molar-refractivity contribution in [3.63, 3.8) is 0 Å². The van der Waals surface area contributed by atoms with Gasteiger partial charge in [0.25, 0.3) is 0 Å². The minimum atomic E-state index is 0. The van der Waals surface area contributed by atoms with Gasteiger partial charge in [-0.25, -0.2) is 4.98 Å². The number of nitrogens with one attached hydrogen (secondary N) is 1. The maximum Gasteiger partial charge on any atom is 0.137 e. The van der Waals surface area contributed by atoms with Crippen LogP contribution in [0.25, 0.3) is 5.65 Å². The van der Waals surface area contributed by atoms with Crippen LogP contribution in [0.4, 0.5) is 0 Å². The molecule has 4 nitrogen and oxygen atoms in total. The summed E-state index contributed by atoms with van der Waals surface area (Å²) >= 11 is 0. The van der Waals surface area contributed by atoms with Crippen LogP contribution in [0.3, 0.4) is 0 Å². The highest BCUT2D eigenvalue weighted by Gasteiger charge is 2.20. The van der Waals surface area contributed by atoms with Gasteiger partial charge in [0.1, 0.15) is 5.65 Å². The Hall–Kier alpha value is -0.810. The van der Waals surface area contributed by atoms with Crippen molar-refractivity contribution < 1.29 is 0 Å². The minimum absolute atomic E-state index is 0. The molecule has 1 aliphatic rings. The molecule has 2 aromatic heterocycles. The quantitative estimate of drug-likeness (QED) is 0.922. The summed E-state index contributed by atoms with van der Waals surface area (Å²) < 4.78 is 2.21. The van der Waals surface area contributed by atoms with Gasteiger partial charge in [-0.15, -0.1) is 24.8 Å². The molecule has 0 aromatic carbocycles. The molecular formula is C14H22Cl2N4. The Bertz CT molecular complexity index is 555. The average molecular weight is 317 g/mol. The minimum Gasteiger partial charge on any atom is -0.314 e. The van der Waals surface area contributed by atoms with Gasteiger partial charge in [0, 0.05) is 38.4 Å². The molecule has 20 heavy (non-hydrogen) atoms. The number of imidazole rings is 1. The monoisotopic (exact) mass is 316 g/mol. The number of nitrogens with zero attached hydrogens (tertiary/aromatic N) is 3. The molecule has 1 fully saturated rings. The van der Waals surface area contributed by atoms with E-state index in [9.17, 15) is 0 Å². The summed E-state index contributed by atoms with van der Waals surface area (Å²) in [6.07, 6.45) is 2.11. The summed E-state index contributed by atoms with van der Waals surface area (Å²) in [7, 11) is 0. The van der Waals surface area contributed by atoms with Gasteiger partial charge in [0.2, 0.25) is 0 Å². The van der Waals surface area contributed by atoms with E-state index in [0.717, 1.165) is 37.5 Å². The number of rotatable bonds is 2. The fourth-order valence-corrected chi connectivity index (χ4v) is 2.67. The number of hydrogen-bond acceptors (Lipinski definition) is 3. The molecule has 0 aliphatic carbocycles. The summed E-state index contributed by atoms with van der Waals surface area (Å²) in [6, 6.07) is 6.77. The van der Waals surface area contributed by atoms with E-state index in [0.29, 0.717) is 6.04 Å². The van der Waals surface area contributed by atoms with Gasteiger partial charge in [-0.2, -0.15) is 0 Å². The fraction of sp³-hybridized carbons (Fsp3) is 0.500. The lowest BCUT2D eigenvalue weighted by molar-refractivity contribution is 0.163. The van der Waals surface area contributed by atoms with Crippen molar-refractivity contribution in [2.24, 2.45) is 0 Å². The molecule has 1 saturated heterocycles. The summed E-state index contributed by atoms with van der Waals surface area (Å²) in [5, 5.41) is 3.43. The number of fused-ring (bicyclic) bond motifs is 1. The first kappa shape index (κ1) is 17.2. The molecule has 1 atom stereocenters. The molecule has 0 unspecified atom stereocenters. The van der Waals surface area contributed by atoms with Crippen molar-refractivity contribution in [2.75, 3.05) is 19.6 Å². The van der Waals surface area contributed by atoms with Crippen LogP contribution >= 0.6 is 24.8 Å². The lowest BCUT2D eigenvalue weighted by Crippen LogP contribution is -2.49. The Morgan fingerprint density at radius 2 is 2.15 bits per heavy atom. The molecular weight excluding hydrogens is 295 g/mol. The van der Waals surface area contributed by atoms with Gasteiger partial charge in [-0.1, -0.05) is 6.07 Å². The van der Waals surface area contributed by atoms with Gasteiger partial charge >= 0.3 is 0 Å². The predicted molar refractivity (Wildman–Crippen MR) is 87.2 cm³/mol. The van der Waals surface area contributed by atoms with Crippen molar-refractivity contribution in [2.45, 2.75) is 26.4 Å². The van der Waals surface area contributed by atoms with Crippen LogP contribution in [0.15, 0.2) is 24.4 Å². The molecule has 1 aliphatic heterocycles. The molecule has 1 N–H and O–H groups in total. The summed E-state index contributed by atoms with van der Waals surface area (Å²) in [5.74, 6) is 0. The Morgan fingerprint density at radius 3 is 2.90 bits per heavy atom. The largest absolute Gasteiger partial charge is 0.314 e. The van der Waals surface area contributed by atoms with Gasteiger partial charge < -0.3 is 9.72 Å². The van der Waals surface area contributed by atoms with Crippen LogP contribution in [-0.4, -0.2) is 40.0 Å². The highest BCUT2D eigenvalue weighted by Crippen LogP contribution is 2.16. The zero-order valence-corrected chi connectivity index (χ0v) is 13.5. The van der Waals surface area contributed by atoms with E-state index in [1.165, 1.54) is 5.69 Å². The van der Waals surface area contributed by atoms with Crippen molar-refractivity contribution in [3.8, 4) is 0 Å². The van der Waals surface area contributed by atoms with Gasteiger partial charge in [0.05, 0.1) is 11.4 Å². The Kier molecular flexibility index (Phi) is 6.27. The summed E-state index contributed by atoms with van der Waals surface area (Å²) in [4.78, 5) is 7.15. The highest BCUT2D eigenvalue weighted by atomic mass is 35.5. The van der Waals surface area contributed by atoms with Crippen molar-refractivity contribution in [1.29, 1.82) is 0 Å². The summed E-state index contributed by atoms with van der Waals surface area (Å²) in [6.45, 7) is 8.65. The molecule has 0 spiro atoms. The second kappa shape index (κ2) is 7.27. The lowest BCUT2D eigenvalue weighted by atomic mass is 10.2. The van der Waals surface area contributed by atoms with Gasteiger partial charge in [-0.05, 0) is 26.0 Å². The van der Waals surface area contributed by atoms with Gasteiger partial charge in [0.15, 0.2) is 0 Å². The molecule has 3 heterocycles.